The first kappa shape index (κ1) is 14.1. The van der Waals surface area contributed by atoms with Gasteiger partial charge < -0.3 is 14.9 Å². The van der Waals surface area contributed by atoms with Crippen LogP contribution in [0.1, 0.15) is 26.2 Å². The monoisotopic (exact) mass is 216 g/mol. The summed E-state index contributed by atoms with van der Waals surface area (Å²) in [7, 11) is 0. The fourth-order valence-corrected chi connectivity index (χ4v) is 1.29. The zero-order valence-electron chi connectivity index (χ0n) is 9.19. The first-order valence-electron chi connectivity index (χ1n) is 5.22. The van der Waals surface area contributed by atoms with Gasteiger partial charge in [-0.1, -0.05) is 19.9 Å². The summed E-state index contributed by atoms with van der Waals surface area (Å²) in [6.07, 6.45) is 2.69. The molecule has 88 valence electrons. The molecule has 0 bridgehead atoms. The molecule has 0 heterocycles. The number of hydrogen-bond acceptors (Lipinski definition) is 4. The lowest BCUT2D eigenvalue weighted by Gasteiger charge is -2.17. The third kappa shape index (κ3) is 7.11. The van der Waals surface area contributed by atoms with Gasteiger partial charge in [-0.05, 0) is 12.8 Å². The Morgan fingerprint density at radius 2 is 2.27 bits per heavy atom. The molecule has 0 amide bonds. The Kier molecular flexibility index (Phi) is 7.95. The van der Waals surface area contributed by atoms with Crippen molar-refractivity contribution >= 4 is 5.97 Å². The summed E-state index contributed by atoms with van der Waals surface area (Å²) in [4.78, 5) is 10.8. The molecule has 0 aromatic carbocycles. The van der Waals surface area contributed by atoms with Crippen molar-refractivity contribution in [3.05, 3.63) is 12.7 Å². The third-order valence-electron chi connectivity index (χ3n) is 2.11. The molecule has 2 unspecified atom stereocenters. The third-order valence-corrected chi connectivity index (χ3v) is 2.11. The molecule has 0 rings (SSSR count). The molecule has 15 heavy (non-hydrogen) atoms. The van der Waals surface area contributed by atoms with E-state index in [-0.39, 0.29) is 19.1 Å². The fourth-order valence-electron chi connectivity index (χ4n) is 1.29. The van der Waals surface area contributed by atoms with E-state index in [9.17, 15) is 9.90 Å². The summed E-state index contributed by atoms with van der Waals surface area (Å²) in [6, 6.07) is 0. The van der Waals surface area contributed by atoms with E-state index >= 15 is 0 Å². The van der Waals surface area contributed by atoms with Gasteiger partial charge in [0.25, 0.3) is 0 Å². The maximum atomic E-state index is 10.8. The molecule has 0 aliphatic rings. The van der Waals surface area contributed by atoms with Gasteiger partial charge in [0.15, 0.2) is 0 Å². The van der Waals surface area contributed by atoms with Crippen LogP contribution in [0.2, 0.25) is 0 Å². The molecule has 0 saturated carbocycles. The van der Waals surface area contributed by atoms with Crippen LogP contribution in [0.25, 0.3) is 0 Å². The largest absolute Gasteiger partial charge is 0.462 e. The van der Waals surface area contributed by atoms with Gasteiger partial charge >= 0.3 is 5.97 Å². The highest BCUT2D eigenvalue weighted by molar-refractivity contribution is 5.81. The fraction of sp³-hybridized carbons (Fsp3) is 0.727. The number of aliphatic hydroxyl groups excluding tert-OH is 2. The molecule has 0 aromatic rings. The topological polar surface area (TPSA) is 66.8 Å². The number of carbonyl (C=O) groups excluding carboxylic acids is 1. The first-order chi connectivity index (χ1) is 7.13. The number of hydrogen-bond donors (Lipinski definition) is 2. The number of carbonyl (C=O) groups is 1. The number of aliphatic hydroxyl groups is 2. The van der Waals surface area contributed by atoms with Gasteiger partial charge in [0, 0.05) is 18.6 Å². The summed E-state index contributed by atoms with van der Waals surface area (Å²) >= 11 is 0. The second-order valence-electron chi connectivity index (χ2n) is 3.56. The Morgan fingerprint density at radius 1 is 1.60 bits per heavy atom. The predicted molar refractivity (Wildman–Crippen MR) is 57.3 cm³/mol. The van der Waals surface area contributed by atoms with Crippen molar-refractivity contribution in [3.8, 4) is 0 Å². The van der Waals surface area contributed by atoms with E-state index in [0.29, 0.717) is 12.8 Å². The van der Waals surface area contributed by atoms with E-state index < -0.39 is 12.1 Å². The van der Waals surface area contributed by atoms with Gasteiger partial charge in [0.2, 0.25) is 0 Å². The summed E-state index contributed by atoms with van der Waals surface area (Å²) in [6.45, 7) is 5.28. The molecule has 4 heteroatoms. The van der Waals surface area contributed by atoms with Crippen molar-refractivity contribution in [2.24, 2.45) is 5.92 Å². The predicted octanol–water partition coefficient (Wildman–Crippen LogP) is 0.875. The Hall–Kier alpha value is -0.870. The van der Waals surface area contributed by atoms with Crippen LogP contribution >= 0.6 is 0 Å². The quantitative estimate of drug-likeness (QED) is 0.467. The van der Waals surface area contributed by atoms with E-state index in [4.69, 9.17) is 9.84 Å². The second kappa shape index (κ2) is 8.44. The summed E-state index contributed by atoms with van der Waals surface area (Å²) in [5.74, 6) is -0.700. The zero-order chi connectivity index (χ0) is 11.7. The summed E-state index contributed by atoms with van der Waals surface area (Å²) in [5.41, 5.74) is 0. The Morgan fingerprint density at radius 3 is 2.73 bits per heavy atom. The van der Waals surface area contributed by atoms with Crippen molar-refractivity contribution in [1.82, 2.24) is 0 Å². The van der Waals surface area contributed by atoms with E-state index in [0.717, 1.165) is 12.5 Å². The van der Waals surface area contributed by atoms with Crippen molar-refractivity contribution in [1.29, 1.82) is 0 Å². The molecule has 0 radical (unpaired) electrons. The lowest BCUT2D eigenvalue weighted by molar-refractivity contribution is -0.139. The minimum atomic E-state index is -0.501. The van der Waals surface area contributed by atoms with Crippen LogP contribution in [0.15, 0.2) is 12.7 Å². The smallest absolute Gasteiger partial charge is 0.330 e. The lowest BCUT2D eigenvalue weighted by atomic mass is 10.0. The van der Waals surface area contributed by atoms with E-state index in [1.807, 2.05) is 6.92 Å². The van der Waals surface area contributed by atoms with Crippen LogP contribution in [-0.4, -0.2) is 35.5 Å². The maximum Gasteiger partial charge on any atom is 0.330 e. The first-order valence-corrected chi connectivity index (χ1v) is 5.22. The molecular formula is C11H20O4. The van der Waals surface area contributed by atoms with Crippen molar-refractivity contribution in [2.45, 2.75) is 32.3 Å². The van der Waals surface area contributed by atoms with Gasteiger partial charge in [-0.15, -0.1) is 0 Å². The summed E-state index contributed by atoms with van der Waals surface area (Å²) < 4.78 is 4.80. The van der Waals surface area contributed by atoms with Crippen molar-refractivity contribution in [3.63, 3.8) is 0 Å². The molecule has 0 aliphatic carbocycles. The molecule has 0 aromatic heterocycles. The van der Waals surface area contributed by atoms with E-state index in [1.54, 1.807) is 0 Å². The standard InChI is InChI=1S/C11H20O4/c1-3-5-10(13)6-9(7-12)8-15-11(14)4-2/h4,9-10,12-13H,2-3,5-8H2,1H3. The molecule has 0 fully saturated rings. The highest BCUT2D eigenvalue weighted by atomic mass is 16.5. The van der Waals surface area contributed by atoms with Gasteiger partial charge in [0.05, 0.1) is 12.7 Å². The summed E-state index contributed by atoms with van der Waals surface area (Å²) in [5, 5.41) is 18.5. The Labute approximate surface area is 90.6 Å². The molecule has 0 saturated heterocycles. The van der Waals surface area contributed by atoms with Crippen LogP contribution in [0.5, 0.6) is 0 Å². The maximum absolute atomic E-state index is 10.8. The van der Waals surface area contributed by atoms with Crippen molar-refractivity contribution < 1.29 is 19.7 Å². The lowest BCUT2D eigenvalue weighted by Crippen LogP contribution is -2.22. The minimum absolute atomic E-state index is 0.0921. The van der Waals surface area contributed by atoms with Crippen molar-refractivity contribution in [2.75, 3.05) is 13.2 Å². The SMILES string of the molecule is C=CC(=O)OCC(CO)CC(O)CCC. The molecule has 2 N–H and O–H groups in total. The van der Waals surface area contributed by atoms with Crippen LogP contribution in [0, 0.1) is 5.92 Å². The van der Waals surface area contributed by atoms with E-state index in [2.05, 4.69) is 6.58 Å². The molecule has 0 aliphatic heterocycles. The average Bonchev–Trinajstić information content (AvgIpc) is 2.23. The van der Waals surface area contributed by atoms with Gasteiger partial charge in [0.1, 0.15) is 0 Å². The van der Waals surface area contributed by atoms with Crippen LogP contribution in [0.4, 0.5) is 0 Å². The van der Waals surface area contributed by atoms with Gasteiger partial charge in [-0.2, -0.15) is 0 Å². The number of ether oxygens (including phenoxy) is 1. The normalized spacial score (nSPS) is 14.3. The molecule has 0 spiro atoms. The number of esters is 1. The minimum Gasteiger partial charge on any atom is -0.462 e. The van der Waals surface area contributed by atoms with Gasteiger partial charge in [-0.3, -0.25) is 0 Å². The van der Waals surface area contributed by atoms with Gasteiger partial charge in [-0.25, -0.2) is 4.79 Å². The highest BCUT2D eigenvalue weighted by Crippen LogP contribution is 2.11. The molecule has 2 atom stereocenters. The van der Waals surface area contributed by atoms with Crippen LogP contribution < -0.4 is 0 Å². The number of rotatable bonds is 8. The average molecular weight is 216 g/mol. The molecule has 4 nitrogen and oxygen atoms in total. The van der Waals surface area contributed by atoms with Crippen LogP contribution in [0.3, 0.4) is 0 Å². The zero-order valence-corrected chi connectivity index (χ0v) is 9.19. The van der Waals surface area contributed by atoms with Crippen LogP contribution in [-0.2, 0) is 9.53 Å². The Bertz CT molecular complexity index is 191. The Balaban J connectivity index is 3.81. The molecular weight excluding hydrogens is 196 g/mol. The highest BCUT2D eigenvalue weighted by Gasteiger charge is 2.14. The second-order valence-corrected chi connectivity index (χ2v) is 3.56. The van der Waals surface area contributed by atoms with E-state index in [1.165, 1.54) is 0 Å².